The van der Waals surface area contributed by atoms with Crippen LogP contribution in [-0.4, -0.2) is 53.0 Å². The second-order valence-electron chi connectivity index (χ2n) is 3.22. The molecule has 0 saturated heterocycles. The Kier molecular flexibility index (Phi) is 12.7. The summed E-state index contributed by atoms with van der Waals surface area (Å²) in [5.41, 5.74) is 0. The number of ether oxygens (including phenoxy) is 1. The molecule has 0 aromatic rings. The van der Waals surface area contributed by atoms with E-state index in [4.69, 9.17) is 4.74 Å². The molecule has 0 aromatic carbocycles. The highest BCUT2D eigenvalue weighted by atomic mass is 16.5. The minimum atomic E-state index is 0.803. The lowest BCUT2D eigenvalue weighted by atomic mass is 10.5. The van der Waals surface area contributed by atoms with Gasteiger partial charge in [-0.3, -0.25) is 0 Å². The fourth-order valence-electron chi connectivity index (χ4n) is 1.03. The van der Waals surface area contributed by atoms with Gasteiger partial charge in [0.05, 0.1) is 13.2 Å². The molecule has 0 atom stereocenters. The average molecular weight is 203 g/mol. The fraction of sp³-hybridized carbons (Fsp3) is 1.00. The maximum absolute atomic E-state index is 5.42. The van der Waals surface area contributed by atoms with E-state index in [0.29, 0.717) is 0 Å². The predicted molar refractivity (Wildman–Crippen MR) is 60.8 cm³/mol. The Balaban J connectivity index is 2.78. The van der Waals surface area contributed by atoms with Crippen LogP contribution in [0.15, 0.2) is 0 Å². The minimum Gasteiger partial charge on any atom is -0.379 e. The van der Waals surface area contributed by atoms with Crippen molar-refractivity contribution in [3.05, 3.63) is 0 Å². The minimum absolute atomic E-state index is 0.803. The summed E-state index contributed by atoms with van der Waals surface area (Å²) in [7, 11) is 1.96. The monoisotopic (exact) mass is 203 g/mol. The molecular weight excluding hydrogens is 178 g/mol. The molecule has 4 heteroatoms. The van der Waals surface area contributed by atoms with Crippen molar-refractivity contribution in [3.63, 3.8) is 0 Å². The van der Waals surface area contributed by atoms with Crippen LogP contribution in [0.1, 0.15) is 13.3 Å². The molecule has 0 heterocycles. The Labute approximate surface area is 87.8 Å². The van der Waals surface area contributed by atoms with Crippen LogP contribution in [0.25, 0.3) is 0 Å². The van der Waals surface area contributed by atoms with Crippen molar-refractivity contribution in [1.82, 2.24) is 16.0 Å². The largest absolute Gasteiger partial charge is 0.379 e. The SMILES string of the molecule is CCCNCCOCCNCCNC. The third-order valence-corrected chi connectivity index (χ3v) is 1.82. The van der Waals surface area contributed by atoms with Crippen molar-refractivity contribution in [2.75, 3.05) is 53.0 Å². The normalized spacial score (nSPS) is 10.7. The summed E-state index contributed by atoms with van der Waals surface area (Å²) in [4.78, 5) is 0. The van der Waals surface area contributed by atoms with Crippen LogP contribution in [0.5, 0.6) is 0 Å². The van der Waals surface area contributed by atoms with Crippen molar-refractivity contribution >= 4 is 0 Å². The van der Waals surface area contributed by atoms with Gasteiger partial charge in [0.15, 0.2) is 0 Å². The van der Waals surface area contributed by atoms with E-state index in [-0.39, 0.29) is 0 Å². The lowest BCUT2D eigenvalue weighted by molar-refractivity contribution is 0.138. The molecule has 0 aliphatic heterocycles. The molecule has 86 valence electrons. The number of hydrogen-bond donors (Lipinski definition) is 3. The zero-order valence-electron chi connectivity index (χ0n) is 9.57. The predicted octanol–water partition coefficient (Wildman–Crippen LogP) is -0.188. The number of likely N-dealkylation sites (N-methyl/N-ethyl adjacent to an activating group) is 1. The van der Waals surface area contributed by atoms with Crippen LogP contribution in [0, 0.1) is 0 Å². The summed E-state index contributed by atoms with van der Waals surface area (Å²) in [6.07, 6.45) is 1.19. The standard InChI is InChI=1S/C10H25N3O/c1-3-4-12-7-9-14-10-8-13-6-5-11-2/h11-13H,3-10H2,1-2H3. The molecular formula is C10H25N3O. The molecule has 0 spiro atoms. The van der Waals surface area contributed by atoms with Crippen molar-refractivity contribution < 1.29 is 4.74 Å². The van der Waals surface area contributed by atoms with Crippen LogP contribution in [0.4, 0.5) is 0 Å². The fourth-order valence-corrected chi connectivity index (χ4v) is 1.03. The second kappa shape index (κ2) is 12.8. The molecule has 3 N–H and O–H groups in total. The van der Waals surface area contributed by atoms with Gasteiger partial charge < -0.3 is 20.7 Å². The van der Waals surface area contributed by atoms with E-state index in [1.54, 1.807) is 0 Å². The molecule has 0 fully saturated rings. The smallest absolute Gasteiger partial charge is 0.0591 e. The van der Waals surface area contributed by atoms with Crippen molar-refractivity contribution in [1.29, 1.82) is 0 Å². The summed E-state index contributed by atoms with van der Waals surface area (Å²) in [5, 5.41) is 9.65. The maximum atomic E-state index is 5.42. The molecule has 4 nitrogen and oxygen atoms in total. The lowest BCUT2D eigenvalue weighted by Gasteiger charge is -2.06. The second-order valence-corrected chi connectivity index (χ2v) is 3.22. The van der Waals surface area contributed by atoms with Crippen molar-refractivity contribution in [3.8, 4) is 0 Å². The number of nitrogens with one attached hydrogen (secondary N) is 3. The first-order chi connectivity index (χ1) is 6.91. The summed E-state index contributed by atoms with van der Waals surface area (Å²) in [6.45, 7) is 8.79. The summed E-state index contributed by atoms with van der Waals surface area (Å²) in [5.74, 6) is 0. The van der Waals surface area contributed by atoms with Gasteiger partial charge in [0.25, 0.3) is 0 Å². The van der Waals surface area contributed by atoms with Crippen LogP contribution in [0.2, 0.25) is 0 Å². The third-order valence-electron chi connectivity index (χ3n) is 1.82. The van der Waals surface area contributed by atoms with Crippen LogP contribution < -0.4 is 16.0 Å². The molecule has 0 aromatic heterocycles. The molecule has 0 aliphatic rings. The van der Waals surface area contributed by atoms with E-state index in [0.717, 1.165) is 45.9 Å². The van der Waals surface area contributed by atoms with Gasteiger partial charge in [0.1, 0.15) is 0 Å². The van der Waals surface area contributed by atoms with E-state index in [1.807, 2.05) is 7.05 Å². The molecule has 0 saturated carbocycles. The quantitative estimate of drug-likeness (QED) is 0.407. The molecule has 0 unspecified atom stereocenters. The van der Waals surface area contributed by atoms with E-state index >= 15 is 0 Å². The highest BCUT2D eigenvalue weighted by Crippen LogP contribution is 1.73. The van der Waals surface area contributed by atoms with Gasteiger partial charge in [0, 0.05) is 26.2 Å². The topological polar surface area (TPSA) is 45.3 Å². The molecule has 0 radical (unpaired) electrons. The average Bonchev–Trinajstić information content (AvgIpc) is 2.21. The molecule has 0 rings (SSSR count). The zero-order chi connectivity index (χ0) is 10.5. The van der Waals surface area contributed by atoms with Crippen LogP contribution in [-0.2, 0) is 4.74 Å². The summed E-state index contributed by atoms with van der Waals surface area (Å²) < 4.78 is 5.42. The van der Waals surface area contributed by atoms with E-state index in [2.05, 4.69) is 22.9 Å². The van der Waals surface area contributed by atoms with Crippen LogP contribution in [0.3, 0.4) is 0 Å². The maximum Gasteiger partial charge on any atom is 0.0591 e. The Morgan fingerprint density at radius 1 is 0.857 bits per heavy atom. The van der Waals surface area contributed by atoms with E-state index in [9.17, 15) is 0 Å². The first-order valence-electron chi connectivity index (χ1n) is 5.55. The third kappa shape index (κ3) is 11.8. The Hall–Kier alpha value is -0.160. The highest BCUT2D eigenvalue weighted by molar-refractivity contribution is 4.48. The van der Waals surface area contributed by atoms with Gasteiger partial charge >= 0.3 is 0 Å². The Morgan fingerprint density at radius 2 is 1.50 bits per heavy atom. The highest BCUT2D eigenvalue weighted by Gasteiger charge is 1.88. The van der Waals surface area contributed by atoms with Crippen molar-refractivity contribution in [2.45, 2.75) is 13.3 Å². The van der Waals surface area contributed by atoms with Gasteiger partial charge in [-0.15, -0.1) is 0 Å². The molecule has 14 heavy (non-hydrogen) atoms. The van der Waals surface area contributed by atoms with Crippen molar-refractivity contribution in [2.24, 2.45) is 0 Å². The van der Waals surface area contributed by atoms with E-state index in [1.165, 1.54) is 6.42 Å². The Bertz CT molecular complexity index is 89.4. The van der Waals surface area contributed by atoms with Gasteiger partial charge in [-0.05, 0) is 20.0 Å². The molecule has 0 bridgehead atoms. The van der Waals surface area contributed by atoms with Gasteiger partial charge in [-0.25, -0.2) is 0 Å². The van der Waals surface area contributed by atoms with Gasteiger partial charge in [0.2, 0.25) is 0 Å². The van der Waals surface area contributed by atoms with E-state index < -0.39 is 0 Å². The van der Waals surface area contributed by atoms with Gasteiger partial charge in [-0.2, -0.15) is 0 Å². The Morgan fingerprint density at radius 3 is 2.07 bits per heavy atom. The zero-order valence-corrected chi connectivity index (χ0v) is 9.57. The first-order valence-corrected chi connectivity index (χ1v) is 5.55. The van der Waals surface area contributed by atoms with Gasteiger partial charge in [-0.1, -0.05) is 6.92 Å². The number of rotatable bonds is 11. The summed E-state index contributed by atoms with van der Waals surface area (Å²) in [6, 6.07) is 0. The molecule has 0 aliphatic carbocycles. The molecule has 0 amide bonds. The van der Waals surface area contributed by atoms with Crippen LogP contribution >= 0.6 is 0 Å². The lowest BCUT2D eigenvalue weighted by Crippen LogP contribution is -2.28. The summed E-state index contributed by atoms with van der Waals surface area (Å²) >= 11 is 0. The first kappa shape index (κ1) is 13.8. The number of hydrogen-bond acceptors (Lipinski definition) is 4.